The summed E-state index contributed by atoms with van der Waals surface area (Å²) in [6.45, 7) is 0.711. The molecule has 1 amide bonds. The van der Waals surface area contributed by atoms with Crippen molar-refractivity contribution in [2.24, 2.45) is 0 Å². The van der Waals surface area contributed by atoms with Gasteiger partial charge in [0.05, 0.1) is 13.2 Å². The van der Waals surface area contributed by atoms with E-state index in [0.29, 0.717) is 28.0 Å². The van der Waals surface area contributed by atoms with Gasteiger partial charge in [0.15, 0.2) is 0 Å². The zero-order chi connectivity index (χ0) is 20.5. The highest BCUT2D eigenvalue weighted by atomic mass is 35.5. The molecule has 0 aliphatic heterocycles. The molecule has 0 aromatic heterocycles. The molecule has 0 heterocycles. The Hall–Kier alpha value is -2.69. The van der Waals surface area contributed by atoms with Gasteiger partial charge < -0.3 is 15.4 Å². The normalized spacial score (nSPS) is 10.4. The largest absolute Gasteiger partial charge is 0.494 e. The summed E-state index contributed by atoms with van der Waals surface area (Å²) in [5, 5.41) is 6.88. The van der Waals surface area contributed by atoms with Crippen LogP contribution in [0.25, 0.3) is 0 Å². The van der Waals surface area contributed by atoms with E-state index in [2.05, 4.69) is 22.8 Å². The molecule has 150 valence electrons. The van der Waals surface area contributed by atoms with Crippen LogP contribution in [0.4, 0.5) is 11.4 Å². The number of ether oxygens (including phenoxy) is 1. The molecule has 4 nitrogen and oxygen atoms in total. The van der Waals surface area contributed by atoms with Crippen LogP contribution in [0.1, 0.15) is 12.0 Å². The SMILES string of the molecule is O=C(CNc1cc(Cl)cc(Cl)c1)Nc1cccc(OCCCc2ccccc2)c1. The van der Waals surface area contributed by atoms with Gasteiger partial charge in [-0.15, -0.1) is 0 Å². The van der Waals surface area contributed by atoms with Crippen LogP contribution in [-0.4, -0.2) is 19.1 Å². The first-order chi connectivity index (χ1) is 14.1. The van der Waals surface area contributed by atoms with Gasteiger partial charge in [-0.05, 0) is 48.7 Å². The standard InChI is InChI=1S/C23H22Cl2N2O2/c24-18-12-19(25)14-21(13-18)26-16-23(28)27-20-9-4-10-22(15-20)29-11-5-8-17-6-2-1-3-7-17/h1-4,6-7,9-10,12-15,26H,5,8,11,16H2,(H,27,28). The van der Waals surface area contributed by atoms with Gasteiger partial charge in [-0.25, -0.2) is 0 Å². The molecular weight excluding hydrogens is 407 g/mol. The van der Waals surface area contributed by atoms with Gasteiger partial charge in [0.1, 0.15) is 5.75 Å². The van der Waals surface area contributed by atoms with Crippen molar-refractivity contribution in [3.8, 4) is 5.75 Å². The monoisotopic (exact) mass is 428 g/mol. The van der Waals surface area contributed by atoms with Crippen molar-refractivity contribution in [1.29, 1.82) is 0 Å². The first-order valence-corrected chi connectivity index (χ1v) is 10.1. The van der Waals surface area contributed by atoms with Crippen molar-refractivity contribution in [1.82, 2.24) is 0 Å². The van der Waals surface area contributed by atoms with E-state index in [1.54, 1.807) is 18.2 Å². The number of aryl methyl sites for hydroxylation is 1. The zero-order valence-corrected chi connectivity index (χ0v) is 17.3. The third-order valence-electron chi connectivity index (χ3n) is 4.15. The minimum absolute atomic E-state index is 0.0961. The maximum Gasteiger partial charge on any atom is 0.243 e. The number of rotatable bonds is 9. The van der Waals surface area contributed by atoms with Gasteiger partial charge >= 0.3 is 0 Å². The summed E-state index contributed by atoms with van der Waals surface area (Å²) in [4.78, 5) is 12.2. The van der Waals surface area contributed by atoms with Crippen LogP contribution < -0.4 is 15.4 Å². The summed E-state index contributed by atoms with van der Waals surface area (Å²) >= 11 is 11.9. The molecule has 29 heavy (non-hydrogen) atoms. The fraction of sp³-hybridized carbons (Fsp3) is 0.174. The van der Waals surface area contributed by atoms with Gasteiger partial charge in [-0.1, -0.05) is 59.6 Å². The van der Waals surface area contributed by atoms with Crippen LogP contribution in [0.3, 0.4) is 0 Å². The highest BCUT2D eigenvalue weighted by Crippen LogP contribution is 2.22. The van der Waals surface area contributed by atoms with E-state index < -0.39 is 0 Å². The lowest BCUT2D eigenvalue weighted by atomic mass is 10.1. The number of carbonyl (C=O) groups is 1. The van der Waals surface area contributed by atoms with Gasteiger partial charge in [-0.2, -0.15) is 0 Å². The summed E-state index contributed by atoms with van der Waals surface area (Å²) in [6, 6.07) is 22.8. The second kappa shape index (κ2) is 10.7. The molecule has 2 N–H and O–H groups in total. The van der Waals surface area contributed by atoms with Crippen molar-refractivity contribution >= 4 is 40.5 Å². The van der Waals surface area contributed by atoms with Gasteiger partial charge in [0.2, 0.25) is 5.91 Å². The predicted octanol–water partition coefficient (Wildman–Crippen LogP) is 6.06. The molecule has 0 saturated carbocycles. The third-order valence-corrected chi connectivity index (χ3v) is 4.59. The molecule has 0 fully saturated rings. The van der Waals surface area contributed by atoms with Crippen LogP contribution in [0.15, 0.2) is 72.8 Å². The van der Waals surface area contributed by atoms with Gasteiger partial charge in [-0.3, -0.25) is 4.79 Å². The second-order valence-electron chi connectivity index (χ2n) is 6.53. The number of halogens is 2. The Labute approximate surface area is 180 Å². The summed E-state index contributed by atoms with van der Waals surface area (Å²) in [5.41, 5.74) is 2.67. The Morgan fingerprint density at radius 1 is 0.862 bits per heavy atom. The molecule has 3 aromatic carbocycles. The Balaban J connectivity index is 1.44. The molecular formula is C23H22Cl2N2O2. The summed E-state index contributed by atoms with van der Waals surface area (Å²) in [6.07, 6.45) is 1.89. The minimum atomic E-state index is -0.178. The van der Waals surface area contributed by atoms with Crippen LogP contribution >= 0.6 is 23.2 Å². The van der Waals surface area contributed by atoms with E-state index in [1.807, 2.05) is 42.5 Å². The number of hydrogen-bond donors (Lipinski definition) is 2. The van der Waals surface area contributed by atoms with Crippen molar-refractivity contribution in [2.45, 2.75) is 12.8 Å². The Morgan fingerprint density at radius 3 is 2.38 bits per heavy atom. The summed E-state index contributed by atoms with van der Waals surface area (Å²) in [7, 11) is 0. The van der Waals surface area contributed by atoms with Crippen molar-refractivity contribution in [2.75, 3.05) is 23.8 Å². The topological polar surface area (TPSA) is 50.4 Å². The molecule has 6 heteroatoms. The highest BCUT2D eigenvalue weighted by molar-refractivity contribution is 6.35. The van der Waals surface area contributed by atoms with E-state index in [4.69, 9.17) is 27.9 Å². The van der Waals surface area contributed by atoms with Crippen LogP contribution in [-0.2, 0) is 11.2 Å². The van der Waals surface area contributed by atoms with E-state index >= 15 is 0 Å². The average Bonchev–Trinajstić information content (AvgIpc) is 2.70. The lowest BCUT2D eigenvalue weighted by Crippen LogP contribution is -2.21. The number of carbonyl (C=O) groups excluding carboxylic acids is 1. The Kier molecular flexibility index (Phi) is 7.79. The second-order valence-corrected chi connectivity index (χ2v) is 7.40. The number of benzene rings is 3. The lowest BCUT2D eigenvalue weighted by molar-refractivity contribution is -0.114. The smallest absolute Gasteiger partial charge is 0.243 e. The molecule has 0 spiro atoms. The Morgan fingerprint density at radius 2 is 1.62 bits per heavy atom. The van der Waals surface area contributed by atoms with E-state index in [0.717, 1.165) is 18.6 Å². The number of nitrogens with one attached hydrogen (secondary N) is 2. The molecule has 0 unspecified atom stereocenters. The molecule has 0 aliphatic carbocycles. The average molecular weight is 429 g/mol. The first-order valence-electron chi connectivity index (χ1n) is 9.35. The molecule has 0 bridgehead atoms. The van der Waals surface area contributed by atoms with Crippen molar-refractivity contribution < 1.29 is 9.53 Å². The maximum atomic E-state index is 12.2. The fourth-order valence-corrected chi connectivity index (χ4v) is 3.34. The molecule has 3 rings (SSSR count). The van der Waals surface area contributed by atoms with E-state index in [-0.39, 0.29) is 12.5 Å². The third kappa shape index (κ3) is 7.33. The number of hydrogen-bond acceptors (Lipinski definition) is 3. The highest BCUT2D eigenvalue weighted by Gasteiger charge is 2.05. The quantitative estimate of drug-likeness (QED) is 0.407. The van der Waals surface area contributed by atoms with Crippen LogP contribution in [0, 0.1) is 0 Å². The lowest BCUT2D eigenvalue weighted by Gasteiger charge is -2.11. The van der Waals surface area contributed by atoms with Gasteiger partial charge in [0, 0.05) is 27.5 Å². The van der Waals surface area contributed by atoms with Crippen LogP contribution in [0.2, 0.25) is 10.0 Å². The maximum absolute atomic E-state index is 12.2. The number of anilines is 2. The minimum Gasteiger partial charge on any atom is -0.494 e. The number of amides is 1. The van der Waals surface area contributed by atoms with Crippen molar-refractivity contribution in [3.63, 3.8) is 0 Å². The van der Waals surface area contributed by atoms with E-state index in [1.165, 1.54) is 5.56 Å². The molecule has 0 radical (unpaired) electrons. The predicted molar refractivity (Wildman–Crippen MR) is 120 cm³/mol. The van der Waals surface area contributed by atoms with Crippen molar-refractivity contribution in [3.05, 3.63) is 88.4 Å². The summed E-state index contributed by atoms with van der Waals surface area (Å²) in [5.74, 6) is 0.549. The molecule has 0 saturated heterocycles. The first kappa shape index (κ1) is 21.0. The fourth-order valence-electron chi connectivity index (χ4n) is 2.82. The Bertz CT molecular complexity index is 928. The molecule has 0 atom stereocenters. The van der Waals surface area contributed by atoms with Gasteiger partial charge in [0.25, 0.3) is 0 Å². The summed E-state index contributed by atoms with van der Waals surface area (Å²) < 4.78 is 5.81. The van der Waals surface area contributed by atoms with E-state index in [9.17, 15) is 4.79 Å². The molecule has 3 aromatic rings. The molecule has 0 aliphatic rings. The van der Waals surface area contributed by atoms with Crippen LogP contribution in [0.5, 0.6) is 5.75 Å². The zero-order valence-electron chi connectivity index (χ0n) is 15.8.